The average Bonchev–Trinajstić information content (AvgIpc) is 3.07. The lowest BCUT2D eigenvalue weighted by molar-refractivity contribution is -0.115. The standard InChI is InChI=1S/C20H18ClFN4OS/c1-3-11-26-18(14-7-5-4-6-8-14)24-25-20(26)28-13(2)19(27)23-17-10-9-15(22)12-16(17)21/h3-10,12-13H,1,11H2,2H3,(H,23,27)/t13-/m0/s1. The van der Waals surface area contributed by atoms with Gasteiger partial charge >= 0.3 is 0 Å². The zero-order valence-corrected chi connectivity index (χ0v) is 16.7. The maximum absolute atomic E-state index is 13.2. The van der Waals surface area contributed by atoms with E-state index >= 15 is 0 Å². The summed E-state index contributed by atoms with van der Waals surface area (Å²) in [6, 6.07) is 13.5. The van der Waals surface area contributed by atoms with Crippen molar-refractivity contribution < 1.29 is 9.18 Å². The zero-order valence-electron chi connectivity index (χ0n) is 15.1. The van der Waals surface area contributed by atoms with Crippen LogP contribution in [0.4, 0.5) is 10.1 Å². The number of carbonyl (C=O) groups is 1. The number of anilines is 1. The quantitative estimate of drug-likeness (QED) is 0.433. The summed E-state index contributed by atoms with van der Waals surface area (Å²) in [6.07, 6.45) is 1.75. The van der Waals surface area contributed by atoms with Crippen LogP contribution in [-0.4, -0.2) is 25.9 Å². The van der Waals surface area contributed by atoms with Crippen molar-refractivity contribution in [3.63, 3.8) is 0 Å². The number of carbonyl (C=O) groups excluding carboxylic acids is 1. The largest absolute Gasteiger partial charge is 0.324 e. The first-order chi connectivity index (χ1) is 13.5. The Morgan fingerprint density at radius 2 is 2.07 bits per heavy atom. The SMILES string of the molecule is C=CCn1c(S[C@@H](C)C(=O)Nc2ccc(F)cc2Cl)nnc1-c1ccccc1. The summed E-state index contributed by atoms with van der Waals surface area (Å²) in [7, 11) is 0. The lowest BCUT2D eigenvalue weighted by Gasteiger charge is -2.13. The molecule has 1 heterocycles. The van der Waals surface area contributed by atoms with Crippen molar-refractivity contribution in [1.82, 2.24) is 14.8 Å². The van der Waals surface area contributed by atoms with Crippen LogP contribution in [0.2, 0.25) is 5.02 Å². The molecule has 1 N–H and O–H groups in total. The van der Waals surface area contributed by atoms with Crippen molar-refractivity contribution >= 4 is 35.0 Å². The fraction of sp³-hybridized carbons (Fsp3) is 0.150. The molecule has 2 aromatic carbocycles. The monoisotopic (exact) mass is 416 g/mol. The van der Waals surface area contributed by atoms with Gasteiger partial charge in [-0.2, -0.15) is 0 Å². The van der Waals surface area contributed by atoms with Gasteiger partial charge in [-0.05, 0) is 25.1 Å². The van der Waals surface area contributed by atoms with Crippen molar-refractivity contribution in [3.05, 3.63) is 72.0 Å². The van der Waals surface area contributed by atoms with Crippen molar-refractivity contribution in [1.29, 1.82) is 0 Å². The van der Waals surface area contributed by atoms with Gasteiger partial charge in [0.15, 0.2) is 11.0 Å². The van der Waals surface area contributed by atoms with Crippen LogP contribution >= 0.6 is 23.4 Å². The number of hydrogen-bond donors (Lipinski definition) is 1. The predicted molar refractivity (Wildman–Crippen MR) is 111 cm³/mol. The number of nitrogens with zero attached hydrogens (tertiary/aromatic N) is 3. The molecule has 0 spiro atoms. The molecular formula is C20H18ClFN4OS. The van der Waals surface area contributed by atoms with Crippen LogP contribution < -0.4 is 5.32 Å². The third kappa shape index (κ3) is 4.61. The molecule has 0 saturated carbocycles. The van der Waals surface area contributed by atoms with E-state index in [0.717, 1.165) is 11.6 Å². The van der Waals surface area contributed by atoms with Crippen LogP contribution in [0.3, 0.4) is 0 Å². The van der Waals surface area contributed by atoms with E-state index in [1.165, 1.54) is 23.9 Å². The predicted octanol–water partition coefficient (Wildman–Crippen LogP) is 5.04. The molecule has 0 aliphatic carbocycles. The van der Waals surface area contributed by atoms with Crippen molar-refractivity contribution in [2.75, 3.05) is 5.32 Å². The molecule has 0 radical (unpaired) electrons. The average molecular weight is 417 g/mol. The maximum atomic E-state index is 13.2. The second-order valence-corrected chi connectivity index (χ2v) is 7.66. The Hall–Kier alpha value is -2.64. The minimum atomic E-state index is -0.475. The molecule has 1 atom stereocenters. The minimum Gasteiger partial charge on any atom is -0.324 e. The first-order valence-corrected chi connectivity index (χ1v) is 9.77. The summed E-state index contributed by atoms with van der Waals surface area (Å²) in [4.78, 5) is 12.5. The van der Waals surface area contributed by atoms with Crippen molar-refractivity contribution in [3.8, 4) is 11.4 Å². The highest BCUT2D eigenvalue weighted by Gasteiger charge is 2.21. The number of rotatable bonds is 7. The van der Waals surface area contributed by atoms with Gasteiger partial charge in [0.1, 0.15) is 5.82 Å². The van der Waals surface area contributed by atoms with Crippen LogP contribution in [0, 0.1) is 5.82 Å². The highest BCUT2D eigenvalue weighted by atomic mass is 35.5. The van der Waals surface area contributed by atoms with E-state index < -0.39 is 11.1 Å². The number of amides is 1. The molecule has 5 nitrogen and oxygen atoms in total. The number of thioether (sulfide) groups is 1. The molecule has 0 unspecified atom stereocenters. The molecule has 1 amide bonds. The molecule has 1 aromatic heterocycles. The Morgan fingerprint density at radius 3 is 2.75 bits per heavy atom. The lowest BCUT2D eigenvalue weighted by Crippen LogP contribution is -2.23. The Morgan fingerprint density at radius 1 is 1.32 bits per heavy atom. The lowest BCUT2D eigenvalue weighted by atomic mass is 10.2. The normalized spacial score (nSPS) is 11.8. The third-order valence-electron chi connectivity index (χ3n) is 3.90. The van der Waals surface area contributed by atoms with Gasteiger partial charge in [0, 0.05) is 12.1 Å². The number of nitrogens with one attached hydrogen (secondary N) is 1. The molecule has 28 heavy (non-hydrogen) atoms. The Kier molecular flexibility index (Phi) is 6.49. The zero-order chi connectivity index (χ0) is 20.1. The molecule has 3 rings (SSSR count). The van der Waals surface area contributed by atoms with Crippen molar-refractivity contribution in [2.45, 2.75) is 23.9 Å². The van der Waals surface area contributed by atoms with Crippen LogP contribution in [0.5, 0.6) is 0 Å². The van der Waals surface area contributed by atoms with Gasteiger partial charge in [0.05, 0.1) is 16.0 Å². The summed E-state index contributed by atoms with van der Waals surface area (Å²) < 4.78 is 15.1. The van der Waals surface area contributed by atoms with E-state index in [9.17, 15) is 9.18 Å². The number of halogens is 2. The Bertz CT molecular complexity index is 993. The van der Waals surface area contributed by atoms with E-state index in [4.69, 9.17) is 11.6 Å². The highest BCUT2D eigenvalue weighted by molar-refractivity contribution is 8.00. The summed E-state index contributed by atoms with van der Waals surface area (Å²) in [6.45, 7) is 6.06. The van der Waals surface area contributed by atoms with Gasteiger partial charge in [0.25, 0.3) is 0 Å². The third-order valence-corrected chi connectivity index (χ3v) is 5.29. The molecular weight excluding hydrogens is 399 g/mol. The van der Waals surface area contributed by atoms with Crippen molar-refractivity contribution in [2.24, 2.45) is 0 Å². The molecule has 3 aromatic rings. The van der Waals surface area contributed by atoms with Gasteiger partial charge in [-0.3, -0.25) is 9.36 Å². The molecule has 0 bridgehead atoms. The summed E-state index contributed by atoms with van der Waals surface area (Å²) in [5, 5.41) is 11.5. The van der Waals surface area contributed by atoms with Gasteiger partial charge < -0.3 is 5.32 Å². The second-order valence-electron chi connectivity index (χ2n) is 5.94. The van der Waals surface area contributed by atoms with E-state index in [1.54, 1.807) is 13.0 Å². The molecule has 144 valence electrons. The Labute approximate surface area is 171 Å². The van der Waals surface area contributed by atoms with E-state index in [0.29, 0.717) is 23.2 Å². The van der Waals surface area contributed by atoms with Gasteiger partial charge in [-0.1, -0.05) is 59.8 Å². The molecule has 0 aliphatic rings. The molecule has 8 heteroatoms. The highest BCUT2D eigenvalue weighted by Crippen LogP contribution is 2.28. The maximum Gasteiger partial charge on any atom is 0.237 e. The summed E-state index contributed by atoms with van der Waals surface area (Å²) in [5.74, 6) is -0.0264. The van der Waals surface area contributed by atoms with Crippen LogP contribution in [-0.2, 0) is 11.3 Å². The van der Waals surface area contributed by atoms with Crippen LogP contribution in [0.15, 0.2) is 66.3 Å². The summed E-state index contributed by atoms with van der Waals surface area (Å²) >= 11 is 7.25. The smallest absolute Gasteiger partial charge is 0.237 e. The minimum absolute atomic E-state index is 0.145. The first-order valence-electron chi connectivity index (χ1n) is 8.51. The number of benzene rings is 2. The van der Waals surface area contributed by atoms with Gasteiger partial charge in [-0.15, -0.1) is 16.8 Å². The van der Waals surface area contributed by atoms with Gasteiger partial charge in [-0.25, -0.2) is 4.39 Å². The van der Waals surface area contributed by atoms with Crippen LogP contribution in [0.25, 0.3) is 11.4 Å². The molecule has 0 fully saturated rings. The fourth-order valence-electron chi connectivity index (χ4n) is 2.51. The topological polar surface area (TPSA) is 59.8 Å². The van der Waals surface area contributed by atoms with E-state index in [-0.39, 0.29) is 10.9 Å². The number of hydrogen-bond acceptors (Lipinski definition) is 4. The fourth-order valence-corrected chi connectivity index (χ4v) is 3.58. The van der Waals surface area contributed by atoms with Gasteiger partial charge in [0.2, 0.25) is 5.91 Å². The Balaban J connectivity index is 1.78. The first kappa shape index (κ1) is 20.1. The molecule has 0 saturated heterocycles. The molecule has 0 aliphatic heterocycles. The van der Waals surface area contributed by atoms with E-state index in [2.05, 4.69) is 22.1 Å². The van der Waals surface area contributed by atoms with Crippen LogP contribution in [0.1, 0.15) is 6.92 Å². The summed E-state index contributed by atoms with van der Waals surface area (Å²) in [5.41, 5.74) is 1.29. The second kappa shape index (κ2) is 9.03. The number of aromatic nitrogens is 3. The van der Waals surface area contributed by atoms with E-state index in [1.807, 2.05) is 34.9 Å². The number of allylic oxidation sites excluding steroid dienone is 1.